The SMILES string of the molecule is [C-]#[N+]C(C#N)=C1Sc2c(OC(=O)C3CCC(OC(=O)C4CCC(OCCCCOC(=O)C=C)CC4)CC3)ccc(OC(=O)C3CCC(OC(=O)C4CCC(OCCCCOC(=O)C=C)CC4)CC3)c2S1. The van der Waals surface area contributed by atoms with Crippen LogP contribution in [0.5, 0.6) is 11.5 Å². The van der Waals surface area contributed by atoms with Crippen LogP contribution in [0.15, 0.2) is 57.2 Å². The maximum Gasteiger partial charge on any atom is 0.330 e. The fourth-order valence-electron chi connectivity index (χ4n) is 9.34. The number of rotatable bonds is 22. The topological polar surface area (TPSA) is 204 Å². The van der Waals surface area contributed by atoms with Crippen LogP contribution in [0.1, 0.15) is 128 Å². The third-order valence-corrected chi connectivity index (χ3v) is 16.1. The summed E-state index contributed by atoms with van der Waals surface area (Å²) in [5.74, 6) is -2.90. The van der Waals surface area contributed by atoms with Crippen LogP contribution in [0.3, 0.4) is 0 Å². The molecule has 1 aromatic rings. The highest BCUT2D eigenvalue weighted by molar-refractivity contribution is 8.24. The number of nitrogens with zero attached hydrogens (tertiary/aromatic N) is 2. The number of ether oxygens (including phenoxy) is 8. The Kier molecular flexibility index (Phi) is 21.7. The molecule has 0 aromatic heterocycles. The van der Waals surface area contributed by atoms with E-state index in [1.165, 1.54) is 0 Å². The zero-order valence-corrected chi connectivity index (χ0v) is 41.4. The normalized spacial score (nSPS) is 25.1. The van der Waals surface area contributed by atoms with Crippen molar-refractivity contribution in [2.24, 2.45) is 23.7 Å². The van der Waals surface area contributed by atoms with E-state index in [1.807, 2.05) is 6.07 Å². The lowest BCUT2D eigenvalue weighted by Gasteiger charge is -2.31. The van der Waals surface area contributed by atoms with Gasteiger partial charge in [0.15, 0.2) is 0 Å². The number of thioether (sulfide) groups is 2. The van der Waals surface area contributed by atoms with Crippen LogP contribution in [-0.4, -0.2) is 86.7 Å². The molecule has 18 heteroatoms. The quantitative estimate of drug-likeness (QED) is 0.0202. The first-order valence-corrected chi connectivity index (χ1v) is 26.3. The van der Waals surface area contributed by atoms with Crippen molar-refractivity contribution in [3.63, 3.8) is 0 Å². The Morgan fingerprint density at radius 3 is 1.24 bits per heavy atom. The molecule has 378 valence electrons. The second-order valence-corrected chi connectivity index (χ2v) is 20.6. The highest BCUT2D eigenvalue weighted by atomic mass is 32.2. The molecule has 4 fully saturated rings. The number of unbranched alkanes of at least 4 members (excludes halogenated alkanes) is 2. The van der Waals surface area contributed by atoms with E-state index in [1.54, 1.807) is 12.1 Å². The number of hydrogen-bond acceptors (Lipinski definition) is 17. The Balaban J connectivity index is 0.913. The van der Waals surface area contributed by atoms with Gasteiger partial charge in [0.1, 0.15) is 23.7 Å². The van der Waals surface area contributed by atoms with Gasteiger partial charge in [-0.2, -0.15) is 0 Å². The van der Waals surface area contributed by atoms with Gasteiger partial charge >= 0.3 is 35.8 Å². The zero-order valence-electron chi connectivity index (χ0n) is 39.7. The number of nitriles is 1. The van der Waals surface area contributed by atoms with E-state index >= 15 is 0 Å². The number of allylic oxidation sites excluding steroid dienone is 1. The van der Waals surface area contributed by atoms with Crippen LogP contribution in [0.25, 0.3) is 4.85 Å². The van der Waals surface area contributed by atoms with Gasteiger partial charge in [0.25, 0.3) is 5.70 Å². The summed E-state index contributed by atoms with van der Waals surface area (Å²) < 4.78 is 46.1. The molecule has 0 bridgehead atoms. The van der Waals surface area contributed by atoms with Crippen LogP contribution in [0, 0.1) is 41.6 Å². The van der Waals surface area contributed by atoms with Crippen molar-refractivity contribution in [3.05, 3.63) is 58.8 Å². The number of hydrogen-bond donors (Lipinski definition) is 0. The molecule has 1 aliphatic heterocycles. The van der Waals surface area contributed by atoms with Gasteiger partial charge in [-0.15, -0.1) is 0 Å². The molecule has 1 heterocycles. The monoisotopic (exact) mass is 1000 g/mol. The van der Waals surface area contributed by atoms with Crippen LogP contribution in [-0.2, 0) is 57.2 Å². The predicted molar refractivity (Wildman–Crippen MR) is 257 cm³/mol. The van der Waals surface area contributed by atoms with Crippen LogP contribution >= 0.6 is 23.5 Å². The molecule has 1 aromatic carbocycles. The summed E-state index contributed by atoms with van der Waals surface area (Å²) in [7, 11) is 0. The molecule has 0 unspecified atom stereocenters. The molecule has 4 saturated carbocycles. The largest absolute Gasteiger partial charge is 0.463 e. The van der Waals surface area contributed by atoms with Crippen molar-refractivity contribution in [2.45, 2.75) is 163 Å². The van der Waals surface area contributed by atoms with E-state index < -0.39 is 35.7 Å². The van der Waals surface area contributed by atoms with E-state index in [9.17, 15) is 34.0 Å². The van der Waals surface area contributed by atoms with E-state index in [-0.39, 0.29) is 65.4 Å². The minimum Gasteiger partial charge on any atom is -0.463 e. The van der Waals surface area contributed by atoms with Gasteiger partial charge in [-0.25, -0.2) is 19.7 Å². The Bertz CT molecular complexity index is 2000. The number of esters is 6. The van der Waals surface area contributed by atoms with Crippen LogP contribution < -0.4 is 9.47 Å². The summed E-state index contributed by atoms with van der Waals surface area (Å²) in [4.78, 5) is 80.0. The predicted octanol–water partition coefficient (Wildman–Crippen LogP) is 9.68. The maximum absolute atomic E-state index is 13.6. The average molecular weight is 1010 g/mol. The maximum atomic E-state index is 13.6. The molecule has 4 aliphatic carbocycles. The molecule has 0 radical (unpaired) electrons. The van der Waals surface area contributed by atoms with E-state index in [0.29, 0.717) is 130 Å². The van der Waals surface area contributed by atoms with Crippen LogP contribution in [0.2, 0.25) is 0 Å². The van der Waals surface area contributed by atoms with Crippen molar-refractivity contribution in [2.75, 3.05) is 26.4 Å². The lowest BCUT2D eigenvalue weighted by atomic mass is 9.86. The Labute approximate surface area is 418 Å². The van der Waals surface area contributed by atoms with Gasteiger partial charge in [0.2, 0.25) is 0 Å². The molecule has 5 aliphatic rings. The van der Waals surface area contributed by atoms with E-state index in [0.717, 1.165) is 74.2 Å². The lowest BCUT2D eigenvalue weighted by Crippen LogP contribution is -2.33. The molecule has 0 atom stereocenters. The summed E-state index contributed by atoms with van der Waals surface area (Å²) in [6, 6.07) is 5.06. The second kappa shape index (κ2) is 28.0. The van der Waals surface area contributed by atoms with E-state index in [2.05, 4.69) is 18.0 Å². The van der Waals surface area contributed by atoms with Crippen molar-refractivity contribution in [1.29, 1.82) is 5.26 Å². The standard InChI is InChI=1S/C52H64N2O14S2/c1-4-44(55)63-30-8-6-28-61-37-18-10-33(11-19-37)48(57)65-39-22-14-35(15-23-39)50(59)67-42-26-27-43(47-46(42)69-52(70-47)41(32-53)54-3)68-51(60)36-16-24-40(25-17-36)66-49(58)34-12-20-38(21-13-34)62-29-7-9-31-64-45(56)5-2/h4-5,26-27,33-40H,1-2,6-25,28-31H2. The zero-order chi connectivity index (χ0) is 49.8. The lowest BCUT2D eigenvalue weighted by molar-refractivity contribution is -0.160. The molecule has 0 saturated heterocycles. The van der Waals surface area contributed by atoms with Gasteiger partial charge in [-0.1, -0.05) is 36.7 Å². The molecular formula is C52H64N2O14S2. The van der Waals surface area contributed by atoms with Gasteiger partial charge in [0.05, 0.1) is 75.8 Å². The minimum atomic E-state index is -0.436. The van der Waals surface area contributed by atoms with Crippen molar-refractivity contribution in [1.82, 2.24) is 0 Å². The summed E-state index contributed by atoms with van der Waals surface area (Å²) >= 11 is 2.24. The number of carbonyl (C=O) groups is 6. The number of fused-ring (bicyclic) bond motifs is 1. The Hall–Kier alpha value is -5.14. The number of benzene rings is 1. The Morgan fingerprint density at radius 2 is 0.900 bits per heavy atom. The van der Waals surface area contributed by atoms with Gasteiger partial charge in [0, 0.05) is 25.4 Å². The molecular weight excluding hydrogens is 941 g/mol. The van der Waals surface area contributed by atoms with Crippen molar-refractivity contribution >= 4 is 59.3 Å². The molecule has 16 nitrogen and oxygen atoms in total. The molecule has 0 spiro atoms. The summed E-state index contributed by atoms with van der Waals surface area (Å²) in [6.45, 7) is 16.1. The fourth-order valence-corrected chi connectivity index (χ4v) is 11.8. The van der Waals surface area contributed by atoms with Crippen molar-refractivity contribution in [3.8, 4) is 17.6 Å². The van der Waals surface area contributed by atoms with Gasteiger partial charge in [-0.05, 0) is 141 Å². The highest BCUT2D eigenvalue weighted by Gasteiger charge is 2.37. The third-order valence-electron chi connectivity index (χ3n) is 13.5. The first kappa shape index (κ1) is 54.2. The molecule has 0 amide bonds. The summed E-state index contributed by atoms with van der Waals surface area (Å²) in [5, 5.41) is 9.68. The second-order valence-electron chi connectivity index (χ2n) is 18.3. The summed E-state index contributed by atoms with van der Waals surface area (Å²) in [6.07, 6.45) is 14.7. The smallest absolute Gasteiger partial charge is 0.330 e. The first-order chi connectivity index (χ1) is 34.0. The Morgan fingerprint density at radius 1 is 0.557 bits per heavy atom. The van der Waals surface area contributed by atoms with E-state index in [4.69, 9.17) is 44.5 Å². The van der Waals surface area contributed by atoms with Gasteiger partial charge < -0.3 is 37.9 Å². The minimum absolute atomic E-state index is 0.0861. The molecule has 0 N–H and O–H groups in total. The molecule has 70 heavy (non-hydrogen) atoms. The molecule has 6 rings (SSSR count). The third kappa shape index (κ3) is 16.2. The number of carbonyl (C=O) groups excluding carboxylic acids is 6. The average Bonchev–Trinajstić information content (AvgIpc) is 3.83. The van der Waals surface area contributed by atoms with Gasteiger partial charge in [-0.3, -0.25) is 19.2 Å². The summed E-state index contributed by atoms with van der Waals surface area (Å²) in [5.41, 5.74) is -0.126. The van der Waals surface area contributed by atoms with Crippen LogP contribution in [0.4, 0.5) is 0 Å². The highest BCUT2D eigenvalue weighted by Crippen LogP contribution is 2.59. The fraction of sp³-hybridized carbons (Fsp3) is 0.615. The first-order valence-electron chi connectivity index (χ1n) is 24.7. The van der Waals surface area contributed by atoms with Crippen molar-refractivity contribution < 1.29 is 66.7 Å².